The molecule has 0 saturated carbocycles. The monoisotopic (exact) mass is 1170 g/mol. The van der Waals surface area contributed by atoms with Crippen molar-refractivity contribution >= 4 is 11.9 Å². The fourth-order valence-corrected chi connectivity index (χ4v) is 11.9. The maximum Gasteiger partial charge on any atom is 0.305 e. The zero-order chi connectivity index (χ0) is 59.9. The average Bonchev–Trinajstić information content (AvgIpc) is 3.49. The highest BCUT2D eigenvalue weighted by atomic mass is 16.5. The Morgan fingerprint density at radius 3 is 0.916 bits per heavy atom. The van der Waals surface area contributed by atoms with Crippen molar-refractivity contribution in [2.75, 3.05) is 13.2 Å². The van der Waals surface area contributed by atoms with E-state index in [-0.39, 0.29) is 18.5 Å². The van der Waals surface area contributed by atoms with Crippen LogP contribution in [0.2, 0.25) is 0 Å². The fourth-order valence-electron chi connectivity index (χ4n) is 11.9. The number of carbonyl (C=O) groups is 2. The van der Waals surface area contributed by atoms with Crippen LogP contribution in [0.3, 0.4) is 0 Å². The van der Waals surface area contributed by atoms with E-state index in [0.717, 1.165) is 44.9 Å². The predicted molar refractivity (Wildman–Crippen MR) is 366 cm³/mol. The van der Waals surface area contributed by atoms with Crippen LogP contribution in [0.25, 0.3) is 0 Å². The molecule has 0 aliphatic rings. The average molecular weight is 1170 g/mol. The highest BCUT2D eigenvalue weighted by molar-refractivity contribution is 5.76. The van der Waals surface area contributed by atoms with Crippen LogP contribution in [0.5, 0.6) is 0 Å². The van der Waals surface area contributed by atoms with E-state index in [1.54, 1.807) is 6.08 Å². The second kappa shape index (κ2) is 72.6. The van der Waals surface area contributed by atoms with Crippen LogP contribution in [0.4, 0.5) is 0 Å². The van der Waals surface area contributed by atoms with E-state index in [9.17, 15) is 19.8 Å². The number of hydrogen-bond donors (Lipinski definition) is 3. The molecule has 83 heavy (non-hydrogen) atoms. The van der Waals surface area contributed by atoms with Crippen LogP contribution in [-0.2, 0) is 14.3 Å². The molecule has 0 saturated heterocycles. The summed E-state index contributed by atoms with van der Waals surface area (Å²) in [6, 6.07) is -0.627. The summed E-state index contributed by atoms with van der Waals surface area (Å²) in [5.41, 5.74) is 0. The van der Waals surface area contributed by atoms with E-state index in [1.807, 2.05) is 6.08 Å². The lowest BCUT2D eigenvalue weighted by molar-refractivity contribution is -0.143. The van der Waals surface area contributed by atoms with Gasteiger partial charge in [-0.25, -0.2) is 0 Å². The molecule has 1 amide bonds. The zero-order valence-corrected chi connectivity index (χ0v) is 56.2. The summed E-state index contributed by atoms with van der Waals surface area (Å²) in [6.45, 7) is 4.94. The van der Waals surface area contributed by atoms with E-state index < -0.39 is 12.1 Å². The minimum atomic E-state index is -0.844. The van der Waals surface area contributed by atoms with Gasteiger partial charge in [-0.15, -0.1) is 0 Å². The Hall–Kier alpha value is -1.92. The predicted octanol–water partition coefficient (Wildman–Crippen LogP) is 24.7. The van der Waals surface area contributed by atoms with Crippen molar-refractivity contribution in [3.05, 3.63) is 36.5 Å². The maximum atomic E-state index is 12.5. The molecule has 490 valence electrons. The Kier molecular flexibility index (Phi) is 70.9. The molecule has 0 bridgehead atoms. The minimum Gasteiger partial charge on any atom is -0.466 e. The topological polar surface area (TPSA) is 95.9 Å². The molecule has 2 unspecified atom stereocenters. The summed E-state index contributed by atoms with van der Waals surface area (Å²) < 4.78 is 5.50. The second-order valence-electron chi connectivity index (χ2n) is 26.0. The maximum absolute atomic E-state index is 12.5. The third-order valence-corrected chi connectivity index (χ3v) is 17.7. The molecule has 6 heteroatoms. The summed E-state index contributed by atoms with van der Waals surface area (Å²) in [4.78, 5) is 24.6. The van der Waals surface area contributed by atoms with Crippen molar-refractivity contribution in [3.8, 4) is 0 Å². The number of allylic oxidation sites excluding steroid dienone is 5. The molecule has 0 radical (unpaired) electrons. The number of ether oxygens (including phenoxy) is 1. The van der Waals surface area contributed by atoms with Crippen LogP contribution in [-0.4, -0.2) is 47.4 Å². The number of carbonyl (C=O) groups excluding carboxylic acids is 2. The van der Waals surface area contributed by atoms with Crippen molar-refractivity contribution < 1.29 is 24.5 Å². The van der Waals surface area contributed by atoms with Gasteiger partial charge in [0.25, 0.3) is 0 Å². The molecule has 0 heterocycles. The van der Waals surface area contributed by atoms with Gasteiger partial charge in [0.2, 0.25) is 5.91 Å². The summed E-state index contributed by atoms with van der Waals surface area (Å²) in [6.07, 6.45) is 93.9. The molecular formula is C77H147NO5. The van der Waals surface area contributed by atoms with Crippen LogP contribution >= 0.6 is 0 Å². The molecule has 2 atom stereocenters. The van der Waals surface area contributed by atoms with Crippen molar-refractivity contribution in [1.29, 1.82) is 0 Å². The molecular weight excluding hydrogens is 1020 g/mol. The zero-order valence-electron chi connectivity index (χ0n) is 56.2. The molecule has 0 aliphatic carbocycles. The van der Waals surface area contributed by atoms with Crippen molar-refractivity contribution in [3.63, 3.8) is 0 Å². The normalized spacial score (nSPS) is 12.7. The van der Waals surface area contributed by atoms with E-state index in [2.05, 4.69) is 43.5 Å². The highest BCUT2D eigenvalue weighted by Gasteiger charge is 2.18. The molecule has 0 aromatic carbocycles. The first-order valence-electron chi connectivity index (χ1n) is 37.8. The van der Waals surface area contributed by atoms with E-state index >= 15 is 0 Å². The SMILES string of the molecule is CCCCCCCCCCCCCCCCC/C=C/C(O)C(CO)NC(=O)CCCCCCCCCCCCCCCCCCC/C=C\C/C=C\CCCCCCCCCCCOC(=O)CCCCCCCCCCCCCCCCCC. The van der Waals surface area contributed by atoms with Gasteiger partial charge >= 0.3 is 5.97 Å². The number of unbranched alkanes of at least 4 members (excludes halogenated alkanes) is 56. The Labute approximate surface area is 519 Å². The van der Waals surface area contributed by atoms with Gasteiger partial charge in [-0.2, -0.15) is 0 Å². The largest absolute Gasteiger partial charge is 0.466 e. The lowest BCUT2D eigenvalue weighted by Crippen LogP contribution is -2.45. The van der Waals surface area contributed by atoms with E-state index in [1.165, 1.54) is 347 Å². The van der Waals surface area contributed by atoms with Gasteiger partial charge < -0.3 is 20.3 Å². The Morgan fingerprint density at radius 1 is 0.337 bits per heavy atom. The Bertz CT molecular complexity index is 1340. The summed E-state index contributed by atoms with van der Waals surface area (Å²) >= 11 is 0. The summed E-state index contributed by atoms with van der Waals surface area (Å²) in [7, 11) is 0. The number of aliphatic hydroxyl groups excluding tert-OH is 2. The third-order valence-electron chi connectivity index (χ3n) is 17.7. The van der Waals surface area contributed by atoms with Crippen LogP contribution in [0.15, 0.2) is 36.5 Å². The van der Waals surface area contributed by atoms with Crippen molar-refractivity contribution in [1.82, 2.24) is 5.32 Å². The van der Waals surface area contributed by atoms with Crippen molar-refractivity contribution in [2.45, 2.75) is 431 Å². The van der Waals surface area contributed by atoms with Gasteiger partial charge in [0.1, 0.15) is 0 Å². The van der Waals surface area contributed by atoms with Gasteiger partial charge in [0.15, 0.2) is 0 Å². The molecule has 0 aromatic rings. The van der Waals surface area contributed by atoms with Gasteiger partial charge in [-0.3, -0.25) is 9.59 Å². The molecule has 0 rings (SSSR count). The molecule has 6 nitrogen and oxygen atoms in total. The molecule has 0 aliphatic heterocycles. The number of aliphatic hydroxyl groups is 2. The Morgan fingerprint density at radius 2 is 0.602 bits per heavy atom. The van der Waals surface area contributed by atoms with Crippen LogP contribution in [0, 0.1) is 0 Å². The number of rotatable bonds is 71. The second-order valence-corrected chi connectivity index (χ2v) is 26.0. The highest BCUT2D eigenvalue weighted by Crippen LogP contribution is 2.19. The molecule has 0 aromatic heterocycles. The number of esters is 1. The fraction of sp³-hybridized carbons (Fsp3) is 0.896. The first-order chi connectivity index (χ1) is 41.0. The molecule has 3 N–H and O–H groups in total. The van der Waals surface area contributed by atoms with Crippen LogP contribution < -0.4 is 5.32 Å². The standard InChI is InChI=1S/C77H147NO5/c1-3-5-7-9-11-13-15-17-19-38-41-45-49-53-57-61-65-69-75(80)74(73-79)78-76(81)70-66-62-58-54-50-46-42-39-36-34-32-30-28-26-24-22-21-23-25-27-29-31-33-35-37-40-44-48-52-56-60-64-68-72-83-77(82)71-67-63-59-55-51-47-43-20-18-16-14-12-10-8-6-4-2/h25,27,31,33,65,69,74-75,79-80H,3-24,26,28-30,32,34-64,66-68,70-73H2,1-2H3,(H,78,81)/b27-25-,33-31-,69-65+. The quantitative estimate of drug-likeness (QED) is 0.0320. The lowest BCUT2D eigenvalue weighted by atomic mass is 10.0. The smallest absolute Gasteiger partial charge is 0.305 e. The first-order valence-corrected chi connectivity index (χ1v) is 37.8. The van der Waals surface area contributed by atoms with Gasteiger partial charge in [0.05, 0.1) is 25.4 Å². The summed E-state index contributed by atoms with van der Waals surface area (Å²) in [5.74, 6) is -0.0450. The summed E-state index contributed by atoms with van der Waals surface area (Å²) in [5, 5.41) is 23.2. The molecule has 0 fully saturated rings. The number of amides is 1. The number of hydrogen-bond acceptors (Lipinski definition) is 5. The van der Waals surface area contributed by atoms with Crippen molar-refractivity contribution in [2.24, 2.45) is 0 Å². The minimum absolute atomic E-state index is 0.0180. The van der Waals surface area contributed by atoms with Crippen LogP contribution in [0.1, 0.15) is 418 Å². The van der Waals surface area contributed by atoms with E-state index in [0.29, 0.717) is 19.4 Å². The van der Waals surface area contributed by atoms with E-state index in [4.69, 9.17) is 4.74 Å². The van der Waals surface area contributed by atoms with Gasteiger partial charge in [-0.1, -0.05) is 378 Å². The Balaban J connectivity index is 3.38. The lowest BCUT2D eigenvalue weighted by Gasteiger charge is -2.20. The molecule has 0 spiro atoms. The van der Waals surface area contributed by atoms with Gasteiger partial charge in [-0.05, 0) is 64.2 Å². The third kappa shape index (κ3) is 69.1. The van der Waals surface area contributed by atoms with Gasteiger partial charge in [0, 0.05) is 12.8 Å². The first kappa shape index (κ1) is 81.1. The number of nitrogens with one attached hydrogen (secondary N) is 1.